The third-order valence-corrected chi connectivity index (χ3v) is 3.29. The Labute approximate surface area is 103 Å². The summed E-state index contributed by atoms with van der Waals surface area (Å²) in [6.45, 7) is 8.43. The molecule has 1 N–H and O–H groups in total. The van der Waals surface area contributed by atoms with Gasteiger partial charge in [-0.1, -0.05) is 13.8 Å². The van der Waals surface area contributed by atoms with Crippen LogP contribution in [0.2, 0.25) is 0 Å². The smallest absolute Gasteiger partial charge is 0.148 e. The third kappa shape index (κ3) is 3.46. The maximum Gasteiger partial charge on any atom is 0.148 e. The van der Waals surface area contributed by atoms with Crippen LogP contribution in [0.4, 0.5) is 5.82 Å². The number of anilines is 1. The molecule has 96 valence electrons. The highest BCUT2D eigenvalue weighted by molar-refractivity contribution is 5.34. The first kappa shape index (κ1) is 12.4. The summed E-state index contributed by atoms with van der Waals surface area (Å²) in [4.78, 5) is 0. The molecule has 4 heteroatoms. The van der Waals surface area contributed by atoms with Gasteiger partial charge in [-0.15, -0.1) is 0 Å². The largest absolute Gasteiger partial charge is 0.376 e. The Balaban J connectivity index is 1.85. The number of ether oxygens (including phenoxy) is 1. The van der Waals surface area contributed by atoms with Gasteiger partial charge in [-0.05, 0) is 25.7 Å². The second-order valence-corrected chi connectivity index (χ2v) is 5.26. The number of hydrogen-bond acceptors (Lipinski definition) is 3. The Bertz CT molecular complexity index is 348. The van der Waals surface area contributed by atoms with E-state index < -0.39 is 0 Å². The third-order valence-electron chi connectivity index (χ3n) is 3.29. The van der Waals surface area contributed by atoms with E-state index in [9.17, 15) is 0 Å². The number of rotatable bonds is 5. The maximum atomic E-state index is 5.53. The van der Waals surface area contributed by atoms with Crippen molar-refractivity contribution < 1.29 is 4.74 Å². The van der Waals surface area contributed by atoms with Crippen LogP contribution in [0.15, 0.2) is 12.3 Å². The van der Waals surface area contributed by atoms with E-state index >= 15 is 0 Å². The van der Waals surface area contributed by atoms with Gasteiger partial charge < -0.3 is 10.1 Å². The van der Waals surface area contributed by atoms with Gasteiger partial charge >= 0.3 is 0 Å². The van der Waals surface area contributed by atoms with Crippen molar-refractivity contribution in [3.63, 3.8) is 0 Å². The van der Waals surface area contributed by atoms with Gasteiger partial charge in [-0.25, -0.2) is 0 Å². The molecule has 1 aromatic rings. The van der Waals surface area contributed by atoms with Crippen molar-refractivity contribution in [1.29, 1.82) is 0 Å². The van der Waals surface area contributed by atoms with E-state index in [4.69, 9.17) is 4.74 Å². The van der Waals surface area contributed by atoms with Crippen molar-refractivity contribution in [2.75, 3.05) is 11.9 Å². The van der Waals surface area contributed by atoms with Crippen molar-refractivity contribution in [3.8, 4) is 0 Å². The summed E-state index contributed by atoms with van der Waals surface area (Å²) in [6.07, 6.45) is 4.57. The Kier molecular flexibility index (Phi) is 4.05. The molecule has 0 aliphatic carbocycles. The lowest BCUT2D eigenvalue weighted by atomic mass is 10.1. The van der Waals surface area contributed by atoms with Crippen LogP contribution in [0.5, 0.6) is 0 Å². The van der Waals surface area contributed by atoms with Crippen LogP contribution in [-0.4, -0.2) is 28.5 Å². The van der Waals surface area contributed by atoms with Crippen molar-refractivity contribution in [3.05, 3.63) is 12.3 Å². The summed E-state index contributed by atoms with van der Waals surface area (Å²) in [5.41, 5.74) is 0. The van der Waals surface area contributed by atoms with Crippen LogP contribution in [-0.2, 0) is 11.3 Å². The number of aryl methyl sites for hydroxylation is 1. The monoisotopic (exact) mass is 237 g/mol. The summed E-state index contributed by atoms with van der Waals surface area (Å²) in [5.74, 6) is 1.69. The molecule has 2 unspecified atom stereocenters. The van der Waals surface area contributed by atoms with Crippen LogP contribution < -0.4 is 5.32 Å². The summed E-state index contributed by atoms with van der Waals surface area (Å²) >= 11 is 0. The predicted molar refractivity (Wildman–Crippen MR) is 69.1 cm³/mol. The van der Waals surface area contributed by atoms with E-state index in [1.165, 1.54) is 6.42 Å². The van der Waals surface area contributed by atoms with Gasteiger partial charge in [-0.3, -0.25) is 4.68 Å². The molecule has 1 saturated heterocycles. The number of aromatic nitrogens is 2. The normalized spacial score (nSPS) is 24.5. The quantitative estimate of drug-likeness (QED) is 0.855. The number of hydrogen-bond donors (Lipinski definition) is 1. The van der Waals surface area contributed by atoms with Crippen LogP contribution in [0.3, 0.4) is 0 Å². The van der Waals surface area contributed by atoms with Gasteiger partial charge in [0.15, 0.2) is 0 Å². The zero-order valence-electron chi connectivity index (χ0n) is 11.0. The molecule has 0 radical (unpaired) electrons. The minimum Gasteiger partial charge on any atom is -0.376 e. The molecule has 1 aromatic heterocycles. The Morgan fingerprint density at radius 2 is 2.41 bits per heavy atom. The molecule has 0 bridgehead atoms. The van der Waals surface area contributed by atoms with Crippen molar-refractivity contribution in [2.45, 2.75) is 52.3 Å². The summed E-state index contributed by atoms with van der Waals surface area (Å²) in [6, 6.07) is 2.45. The zero-order valence-corrected chi connectivity index (χ0v) is 11.0. The topological polar surface area (TPSA) is 39.1 Å². The molecule has 1 fully saturated rings. The highest BCUT2D eigenvalue weighted by Crippen LogP contribution is 2.17. The lowest BCUT2D eigenvalue weighted by molar-refractivity contribution is 0.121. The fourth-order valence-electron chi connectivity index (χ4n) is 2.06. The minimum atomic E-state index is 0.288. The second kappa shape index (κ2) is 5.54. The first-order valence-electron chi connectivity index (χ1n) is 6.56. The Morgan fingerprint density at radius 1 is 1.59 bits per heavy atom. The second-order valence-electron chi connectivity index (χ2n) is 5.26. The molecule has 4 nitrogen and oxygen atoms in total. The molecule has 0 amide bonds. The van der Waals surface area contributed by atoms with Crippen molar-refractivity contribution in [2.24, 2.45) is 5.92 Å². The molecule has 2 heterocycles. The fourth-order valence-corrected chi connectivity index (χ4v) is 2.06. The van der Waals surface area contributed by atoms with Crippen LogP contribution in [0.25, 0.3) is 0 Å². The van der Waals surface area contributed by atoms with Gasteiger partial charge in [0.2, 0.25) is 0 Å². The maximum absolute atomic E-state index is 5.53. The van der Waals surface area contributed by atoms with Crippen molar-refractivity contribution in [1.82, 2.24) is 9.78 Å². The lowest BCUT2D eigenvalue weighted by Crippen LogP contribution is -2.26. The van der Waals surface area contributed by atoms with Gasteiger partial charge in [0.1, 0.15) is 5.82 Å². The molecule has 2 rings (SSSR count). The van der Waals surface area contributed by atoms with Gasteiger partial charge in [0.25, 0.3) is 0 Å². The molecule has 0 aromatic carbocycles. The SMILES string of the molecule is CC(C)CCn1ccc(NC2CCOC2C)n1. The van der Waals surface area contributed by atoms with Crippen LogP contribution in [0.1, 0.15) is 33.6 Å². The number of nitrogens with one attached hydrogen (secondary N) is 1. The lowest BCUT2D eigenvalue weighted by Gasteiger charge is -2.15. The molecule has 0 spiro atoms. The highest BCUT2D eigenvalue weighted by Gasteiger charge is 2.24. The van der Waals surface area contributed by atoms with E-state index in [0.717, 1.165) is 31.3 Å². The average molecular weight is 237 g/mol. The molecular formula is C13H23N3O. The average Bonchev–Trinajstić information content (AvgIpc) is 2.87. The molecule has 2 atom stereocenters. The van der Waals surface area contributed by atoms with Gasteiger partial charge in [-0.2, -0.15) is 5.10 Å². The Morgan fingerprint density at radius 3 is 3.06 bits per heavy atom. The molecular weight excluding hydrogens is 214 g/mol. The number of nitrogens with zero attached hydrogens (tertiary/aromatic N) is 2. The molecule has 17 heavy (non-hydrogen) atoms. The van der Waals surface area contributed by atoms with Crippen LogP contribution >= 0.6 is 0 Å². The van der Waals surface area contributed by atoms with Gasteiger partial charge in [0.05, 0.1) is 12.1 Å². The van der Waals surface area contributed by atoms with Crippen molar-refractivity contribution >= 4 is 5.82 Å². The first-order chi connectivity index (χ1) is 8.15. The summed E-state index contributed by atoms with van der Waals surface area (Å²) in [5, 5.41) is 7.97. The predicted octanol–water partition coefficient (Wildman–Crippen LogP) is 2.52. The molecule has 1 aliphatic rings. The van der Waals surface area contributed by atoms with Gasteiger partial charge in [0, 0.05) is 25.4 Å². The van der Waals surface area contributed by atoms with E-state index in [1.807, 2.05) is 16.9 Å². The highest BCUT2D eigenvalue weighted by atomic mass is 16.5. The summed E-state index contributed by atoms with van der Waals surface area (Å²) < 4.78 is 7.54. The standard InChI is InChI=1S/C13H23N3O/c1-10(2)4-7-16-8-5-13(15-16)14-12-6-9-17-11(12)3/h5,8,10-12H,4,6-7,9H2,1-3H3,(H,14,15). The fraction of sp³-hybridized carbons (Fsp3) is 0.769. The van der Waals surface area contributed by atoms with E-state index in [0.29, 0.717) is 6.04 Å². The summed E-state index contributed by atoms with van der Waals surface area (Å²) in [7, 11) is 0. The van der Waals surface area contributed by atoms with E-state index in [2.05, 4.69) is 31.2 Å². The van der Waals surface area contributed by atoms with E-state index in [1.54, 1.807) is 0 Å². The molecule has 0 saturated carbocycles. The minimum absolute atomic E-state index is 0.288. The molecule has 1 aliphatic heterocycles. The Hall–Kier alpha value is -1.03. The van der Waals surface area contributed by atoms with Crippen LogP contribution in [0, 0.1) is 5.92 Å². The first-order valence-corrected chi connectivity index (χ1v) is 6.56. The van der Waals surface area contributed by atoms with E-state index in [-0.39, 0.29) is 6.10 Å². The zero-order chi connectivity index (χ0) is 12.3.